The van der Waals surface area contributed by atoms with Crippen molar-refractivity contribution in [3.8, 4) is 11.5 Å². The van der Waals surface area contributed by atoms with Gasteiger partial charge in [-0.05, 0) is 55.0 Å². The van der Waals surface area contributed by atoms with Crippen molar-refractivity contribution in [3.05, 3.63) is 65.0 Å². The first kappa shape index (κ1) is 18.3. The van der Waals surface area contributed by atoms with Gasteiger partial charge < -0.3 is 9.64 Å². The molecule has 3 aromatic rings. The molecule has 2 aromatic heterocycles. The molecule has 1 aliphatic carbocycles. The number of carbonyl (C=O) groups excluding carboxylic acids is 1. The lowest BCUT2D eigenvalue weighted by atomic mass is 9.96. The van der Waals surface area contributed by atoms with E-state index >= 15 is 0 Å². The standard InChI is InChI=1S/C24H23N5O2/c30-24-29(13-14-31-24)21-9-3-5-16-15-28(12-10-17(16)21)23-18-6-4-8-19(18)26-22(27-23)20-7-1-2-11-25-20/h1-3,5,7,9,11H,4,6,8,10,12-15H2. The lowest BCUT2D eigenvalue weighted by Crippen LogP contribution is -2.34. The molecule has 1 fully saturated rings. The number of anilines is 2. The van der Waals surface area contributed by atoms with Crippen LogP contribution >= 0.6 is 0 Å². The van der Waals surface area contributed by atoms with Crippen molar-refractivity contribution in [2.75, 3.05) is 29.5 Å². The Morgan fingerprint density at radius 1 is 0.935 bits per heavy atom. The molecule has 1 amide bonds. The number of hydrogen-bond donors (Lipinski definition) is 0. The molecule has 7 heteroatoms. The number of ether oxygens (including phenoxy) is 1. The average molecular weight is 413 g/mol. The maximum absolute atomic E-state index is 12.1. The van der Waals surface area contributed by atoms with Crippen molar-refractivity contribution in [1.82, 2.24) is 15.0 Å². The number of amides is 1. The number of benzene rings is 1. The van der Waals surface area contributed by atoms with E-state index in [4.69, 9.17) is 14.7 Å². The van der Waals surface area contributed by atoms with Crippen LogP contribution in [-0.4, -0.2) is 40.7 Å². The topological polar surface area (TPSA) is 71.5 Å². The van der Waals surface area contributed by atoms with Gasteiger partial charge in [-0.15, -0.1) is 0 Å². The highest BCUT2D eigenvalue weighted by molar-refractivity contribution is 5.90. The molecule has 0 bridgehead atoms. The number of rotatable bonds is 3. The molecule has 0 atom stereocenters. The average Bonchev–Trinajstić information content (AvgIpc) is 3.47. The highest BCUT2D eigenvalue weighted by Gasteiger charge is 2.30. The van der Waals surface area contributed by atoms with Crippen molar-refractivity contribution >= 4 is 17.6 Å². The van der Waals surface area contributed by atoms with Gasteiger partial charge in [0.25, 0.3) is 0 Å². The number of carbonyl (C=O) groups is 1. The monoisotopic (exact) mass is 413 g/mol. The minimum atomic E-state index is -0.246. The van der Waals surface area contributed by atoms with E-state index in [-0.39, 0.29) is 6.09 Å². The molecule has 0 N–H and O–H groups in total. The van der Waals surface area contributed by atoms with Crippen molar-refractivity contribution in [3.63, 3.8) is 0 Å². The second-order valence-corrected chi connectivity index (χ2v) is 8.22. The Labute approximate surface area is 180 Å². The summed E-state index contributed by atoms with van der Waals surface area (Å²) in [7, 11) is 0. The van der Waals surface area contributed by atoms with Crippen LogP contribution in [0.1, 0.15) is 28.8 Å². The van der Waals surface area contributed by atoms with Gasteiger partial charge in [0.1, 0.15) is 18.1 Å². The number of hydrogen-bond acceptors (Lipinski definition) is 6. The van der Waals surface area contributed by atoms with Crippen molar-refractivity contribution < 1.29 is 9.53 Å². The zero-order valence-corrected chi connectivity index (χ0v) is 17.3. The number of nitrogens with zero attached hydrogens (tertiary/aromatic N) is 5. The molecular formula is C24H23N5O2. The number of fused-ring (bicyclic) bond motifs is 2. The molecule has 156 valence electrons. The van der Waals surface area contributed by atoms with Crippen LogP contribution in [0.3, 0.4) is 0 Å². The first-order valence-corrected chi connectivity index (χ1v) is 10.9. The Morgan fingerprint density at radius 2 is 1.90 bits per heavy atom. The fraction of sp³-hybridized carbons (Fsp3) is 0.333. The summed E-state index contributed by atoms with van der Waals surface area (Å²) < 4.78 is 5.16. The summed E-state index contributed by atoms with van der Waals surface area (Å²) in [6.45, 7) is 2.71. The SMILES string of the molecule is O=C1OCCN1c1cccc2c1CCN(c1nc(-c3ccccn3)nc3c1CCC3)C2. The molecular weight excluding hydrogens is 390 g/mol. The minimum absolute atomic E-state index is 0.246. The second kappa shape index (κ2) is 7.34. The molecule has 31 heavy (non-hydrogen) atoms. The third-order valence-corrected chi connectivity index (χ3v) is 6.40. The maximum Gasteiger partial charge on any atom is 0.414 e. The molecule has 0 radical (unpaired) electrons. The van der Waals surface area contributed by atoms with Crippen molar-refractivity contribution in [2.24, 2.45) is 0 Å². The lowest BCUT2D eigenvalue weighted by Gasteiger charge is -2.33. The lowest BCUT2D eigenvalue weighted by molar-refractivity contribution is 0.181. The molecule has 2 aliphatic heterocycles. The minimum Gasteiger partial charge on any atom is -0.447 e. The number of cyclic esters (lactones) is 1. The quantitative estimate of drug-likeness (QED) is 0.654. The second-order valence-electron chi connectivity index (χ2n) is 8.22. The van der Waals surface area contributed by atoms with Crippen LogP contribution in [0.25, 0.3) is 11.5 Å². The Hall–Kier alpha value is -3.48. The van der Waals surface area contributed by atoms with Crippen LogP contribution in [0.5, 0.6) is 0 Å². The summed E-state index contributed by atoms with van der Waals surface area (Å²) in [5.41, 5.74) is 6.72. The fourth-order valence-electron chi connectivity index (χ4n) is 4.92. The molecule has 3 aliphatic rings. The molecule has 4 heterocycles. The maximum atomic E-state index is 12.1. The van der Waals surface area contributed by atoms with Gasteiger partial charge in [0.2, 0.25) is 0 Å². The predicted octanol–water partition coefficient (Wildman–Crippen LogP) is 3.55. The smallest absolute Gasteiger partial charge is 0.414 e. The van der Waals surface area contributed by atoms with Crippen molar-refractivity contribution in [2.45, 2.75) is 32.2 Å². The Balaban J connectivity index is 1.37. The normalized spacial score (nSPS) is 17.5. The van der Waals surface area contributed by atoms with Gasteiger partial charge in [-0.2, -0.15) is 0 Å². The number of pyridine rings is 1. The van der Waals surface area contributed by atoms with Gasteiger partial charge in [-0.1, -0.05) is 18.2 Å². The van der Waals surface area contributed by atoms with E-state index in [2.05, 4.69) is 16.0 Å². The number of aryl methyl sites for hydroxylation is 1. The fourth-order valence-corrected chi connectivity index (χ4v) is 4.92. The molecule has 6 rings (SSSR count). The molecule has 1 saturated heterocycles. The van der Waals surface area contributed by atoms with Gasteiger partial charge in [0.15, 0.2) is 5.82 Å². The van der Waals surface area contributed by atoms with E-state index in [1.807, 2.05) is 30.3 Å². The van der Waals surface area contributed by atoms with Crippen LogP contribution in [0.15, 0.2) is 42.6 Å². The van der Waals surface area contributed by atoms with Crippen molar-refractivity contribution in [1.29, 1.82) is 0 Å². The first-order chi connectivity index (χ1) is 15.3. The number of aromatic nitrogens is 3. The predicted molar refractivity (Wildman–Crippen MR) is 117 cm³/mol. The van der Waals surface area contributed by atoms with E-state index in [0.717, 1.165) is 61.7 Å². The van der Waals surface area contributed by atoms with Gasteiger partial charge in [0, 0.05) is 30.5 Å². The molecule has 0 unspecified atom stereocenters. The molecule has 7 nitrogen and oxygen atoms in total. The Morgan fingerprint density at radius 3 is 2.74 bits per heavy atom. The van der Waals surface area contributed by atoms with Crippen LogP contribution in [0, 0.1) is 0 Å². The highest BCUT2D eigenvalue weighted by Crippen LogP contribution is 2.36. The van der Waals surface area contributed by atoms with E-state index in [9.17, 15) is 4.79 Å². The van der Waals surface area contributed by atoms with Crippen LogP contribution < -0.4 is 9.80 Å². The summed E-state index contributed by atoms with van der Waals surface area (Å²) in [5.74, 6) is 1.75. The summed E-state index contributed by atoms with van der Waals surface area (Å²) in [6, 6.07) is 12.1. The summed E-state index contributed by atoms with van der Waals surface area (Å²) in [5, 5.41) is 0. The summed E-state index contributed by atoms with van der Waals surface area (Å²) in [4.78, 5) is 30.5. The zero-order chi connectivity index (χ0) is 20.8. The van der Waals surface area contributed by atoms with E-state index in [1.54, 1.807) is 11.1 Å². The van der Waals surface area contributed by atoms with Gasteiger partial charge in [0.05, 0.1) is 12.2 Å². The van der Waals surface area contributed by atoms with Crippen LogP contribution in [0.4, 0.5) is 16.3 Å². The third kappa shape index (κ3) is 3.12. The first-order valence-electron chi connectivity index (χ1n) is 10.9. The van der Waals surface area contributed by atoms with Gasteiger partial charge in [-0.25, -0.2) is 14.8 Å². The van der Waals surface area contributed by atoms with E-state index in [1.165, 1.54) is 16.7 Å². The van der Waals surface area contributed by atoms with Crippen LogP contribution in [-0.2, 0) is 30.5 Å². The Bertz CT molecular complexity index is 1160. The highest BCUT2D eigenvalue weighted by atomic mass is 16.6. The van der Waals surface area contributed by atoms with E-state index in [0.29, 0.717) is 19.0 Å². The molecule has 0 spiro atoms. The summed E-state index contributed by atoms with van der Waals surface area (Å²) in [6.07, 6.45) is 5.55. The largest absolute Gasteiger partial charge is 0.447 e. The third-order valence-electron chi connectivity index (χ3n) is 6.40. The molecule has 1 aromatic carbocycles. The van der Waals surface area contributed by atoms with Crippen LogP contribution in [0.2, 0.25) is 0 Å². The molecule has 0 saturated carbocycles. The Kier molecular flexibility index (Phi) is 4.33. The van der Waals surface area contributed by atoms with Gasteiger partial charge in [-0.3, -0.25) is 9.88 Å². The zero-order valence-electron chi connectivity index (χ0n) is 17.3. The van der Waals surface area contributed by atoms with E-state index < -0.39 is 0 Å². The summed E-state index contributed by atoms with van der Waals surface area (Å²) >= 11 is 0. The van der Waals surface area contributed by atoms with Gasteiger partial charge >= 0.3 is 6.09 Å².